The monoisotopic (exact) mass is 399 g/mol. The number of amides is 1. The maximum atomic E-state index is 13.0. The lowest BCUT2D eigenvalue weighted by Gasteiger charge is -2.17. The summed E-state index contributed by atoms with van der Waals surface area (Å²) in [6.07, 6.45) is 0.624. The van der Waals surface area contributed by atoms with E-state index in [1.165, 1.54) is 9.13 Å². The zero-order valence-corrected chi connectivity index (χ0v) is 16.8. The molecule has 28 heavy (non-hydrogen) atoms. The minimum Gasteiger partial charge on any atom is -0.323 e. The number of para-hydroxylation sites is 1. The van der Waals surface area contributed by atoms with Crippen LogP contribution in [0.5, 0.6) is 0 Å². The molecule has 7 heteroatoms. The molecule has 1 heterocycles. The Kier molecular flexibility index (Phi) is 5.70. The zero-order chi connectivity index (χ0) is 20.4. The van der Waals surface area contributed by atoms with E-state index in [2.05, 4.69) is 5.32 Å². The molecular weight excluding hydrogens is 378 g/mol. The predicted octanol–water partition coefficient (Wildman–Crippen LogP) is 3.73. The highest BCUT2D eigenvalue weighted by Crippen LogP contribution is 2.22. The molecule has 0 saturated carbocycles. The van der Waals surface area contributed by atoms with Gasteiger partial charge in [0.05, 0.1) is 21.6 Å². The number of aryl methyl sites for hydroxylation is 1. The number of aromatic nitrogens is 2. The van der Waals surface area contributed by atoms with E-state index in [9.17, 15) is 14.4 Å². The molecule has 0 saturated heterocycles. The minimum absolute atomic E-state index is 0.222. The van der Waals surface area contributed by atoms with Gasteiger partial charge in [0.2, 0.25) is 5.91 Å². The van der Waals surface area contributed by atoms with Gasteiger partial charge < -0.3 is 5.32 Å². The van der Waals surface area contributed by atoms with Crippen LogP contribution < -0.4 is 16.6 Å². The van der Waals surface area contributed by atoms with E-state index in [1.54, 1.807) is 36.4 Å². The number of carbonyl (C=O) groups is 1. The Morgan fingerprint density at radius 1 is 1.18 bits per heavy atom. The molecule has 3 aromatic rings. The average Bonchev–Trinajstić information content (AvgIpc) is 2.67. The van der Waals surface area contributed by atoms with Crippen LogP contribution in [0.4, 0.5) is 5.69 Å². The van der Waals surface area contributed by atoms with Crippen LogP contribution in [0.2, 0.25) is 5.02 Å². The van der Waals surface area contributed by atoms with Gasteiger partial charge in [-0.05, 0) is 50.1 Å². The summed E-state index contributed by atoms with van der Waals surface area (Å²) >= 11 is 6.18. The van der Waals surface area contributed by atoms with Gasteiger partial charge in [-0.3, -0.25) is 18.7 Å². The molecule has 1 unspecified atom stereocenters. The smallest absolute Gasteiger partial charge is 0.323 e. The molecular formula is C21H22ClN3O3. The van der Waals surface area contributed by atoms with Crippen LogP contribution in [-0.2, 0) is 11.3 Å². The van der Waals surface area contributed by atoms with Gasteiger partial charge in [-0.2, -0.15) is 0 Å². The Morgan fingerprint density at radius 2 is 1.89 bits per heavy atom. The van der Waals surface area contributed by atoms with Crippen molar-refractivity contribution in [3.8, 4) is 0 Å². The molecule has 6 nitrogen and oxygen atoms in total. The van der Waals surface area contributed by atoms with E-state index in [-0.39, 0.29) is 18.1 Å². The van der Waals surface area contributed by atoms with Crippen molar-refractivity contribution < 1.29 is 4.79 Å². The first-order chi connectivity index (χ1) is 13.3. The Bertz CT molecular complexity index is 1160. The summed E-state index contributed by atoms with van der Waals surface area (Å²) in [6.45, 7) is 5.40. The van der Waals surface area contributed by atoms with Crippen LogP contribution in [0, 0.1) is 6.92 Å². The summed E-state index contributed by atoms with van der Waals surface area (Å²) in [4.78, 5) is 38.4. The van der Waals surface area contributed by atoms with Crippen LogP contribution in [0.25, 0.3) is 10.9 Å². The molecule has 0 fully saturated rings. The van der Waals surface area contributed by atoms with Crippen LogP contribution in [0.15, 0.2) is 52.1 Å². The molecule has 1 aromatic heterocycles. The summed E-state index contributed by atoms with van der Waals surface area (Å²) in [7, 11) is 0. The second-order valence-electron chi connectivity index (χ2n) is 6.85. The predicted molar refractivity (Wildman–Crippen MR) is 112 cm³/mol. The topological polar surface area (TPSA) is 73.1 Å². The van der Waals surface area contributed by atoms with Crippen molar-refractivity contribution in [2.45, 2.75) is 39.8 Å². The Morgan fingerprint density at radius 3 is 2.57 bits per heavy atom. The van der Waals surface area contributed by atoms with Gasteiger partial charge in [-0.15, -0.1) is 0 Å². The first kappa shape index (κ1) is 19.9. The van der Waals surface area contributed by atoms with Crippen LogP contribution in [0.1, 0.15) is 31.9 Å². The van der Waals surface area contributed by atoms with Gasteiger partial charge in [0.25, 0.3) is 5.56 Å². The molecule has 0 aliphatic carbocycles. The molecule has 1 amide bonds. The Balaban J connectivity index is 2.06. The average molecular weight is 400 g/mol. The summed E-state index contributed by atoms with van der Waals surface area (Å²) in [6, 6.07) is 11.9. The van der Waals surface area contributed by atoms with Gasteiger partial charge in [0, 0.05) is 6.04 Å². The van der Waals surface area contributed by atoms with Crippen LogP contribution >= 0.6 is 11.6 Å². The summed E-state index contributed by atoms with van der Waals surface area (Å²) in [5.41, 5.74) is 1.05. The number of benzene rings is 2. The standard InChI is InChI=1S/C21H22ClN3O3/c1-4-14(3)25-20(27)15-7-5-6-8-18(15)24(21(25)28)12-19(26)23-17-10-9-13(2)11-16(17)22/h5-11,14H,4,12H2,1-3H3,(H,23,26). The minimum atomic E-state index is -0.497. The summed E-state index contributed by atoms with van der Waals surface area (Å²) < 4.78 is 2.55. The maximum absolute atomic E-state index is 13.0. The van der Waals surface area contributed by atoms with Crippen molar-refractivity contribution in [2.75, 3.05) is 5.32 Å². The fourth-order valence-electron chi connectivity index (χ4n) is 3.12. The van der Waals surface area contributed by atoms with Crippen LogP contribution in [-0.4, -0.2) is 15.0 Å². The lowest BCUT2D eigenvalue weighted by atomic mass is 10.2. The number of rotatable bonds is 5. The molecule has 0 aliphatic heterocycles. The van der Waals surface area contributed by atoms with E-state index in [1.807, 2.05) is 26.8 Å². The number of anilines is 1. The van der Waals surface area contributed by atoms with Gasteiger partial charge in [0.15, 0.2) is 0 Å². The number of halogens is 1. The lowest BCUT2D eigenvalue weighted by Crippen LogP contribution is -2.43. The van der Waals surface area contributed by atoms with Crippen molar-refractivity contribution in [1.29, 1.82) is 0 Å². The van der Waals surface area contributed by atoms with Crippen molar-refractivity contribution in [1.82, 2.24) is 9.13 Å². The second-order valence-corrected chi connectivity index (χ2v) is 7.26. The number of carbonyl (C=O) groups excluding carboxylic acids is 1. The van der Waals surface area contributed by atoms with Gasteiger partial charge in [-0.25, -0.2) is 4.79 Å². The molecule has 2 aromatic carbocycles. The Labute approximate surface area is 167 Å². The van der Waals surface area contributed by atoms with Crippen molar-refractivity contribution in [3.05, 3.63) is 73.9 Å². The third kappa shape index (κ3) is 3.73. The molecule has 1 atom stereocenters. The molecule has 3 rings (SSSR count). The van der Waals surface area contributed by atoms with Gasteiger partial charge in [-0.1, -0.05) is 36.7 Å². The molecule has 0 radical (unpaired) electrons. The quantitative estimate of drug-likeness (QED) is 0.710. The van der Waals surface area contributed by atoms with Gasteiger partial charge in [0.1, 0.15) is 6.54 Å². The Hall–Kier alpha value is -2.86. The molecule has 146 valence electrons. The van der Waals surface area contributed by atoms with E-state index in [4.69, 9.17) is 11.6 Å². The number of nitrogens with zero attached hydrogens (tertiary/aromatic N) is 2. The number of nitrogens with one attached hydrogen (secondary N) is 1. The number of fused-ring (bicyclic) bond motifs is 1. The molecule has 0 bridgehead atoms. The maximum Gasteiger partial charge on any atom is 0.332 e. The van der Waals surface area contributed by atoms with E-state index in [0.717, 1.165) is 5.56 Å². The molecule has 0 spiro atoms. The third-order valence-electron chi connectivity index (χ3n) is 4.81. The highest BCUT2D eigenvalue weighted by atomic mass is 35.5. The van der Waals surface area contributed by atoms with Gasteiger partial charge >= 0.3 is 5.69 Å². The molecule has 0 aliphatic rings. The van der Waals surface area contributed by atoms with E-state index < -0.39 is 11.6 Å². The van der Waals surface area contributed by atoms with Crippen LogP contribution in [0.3, 0.4) is 0 Å². The fraction of sp³-hybridized carbons (Fsp3) is 0.286. The first-order valence-electron chi connectivity index (χ1n) is 9.13. The number of hydrogen-bond acceptors (Lipinski definition) is 3. The second kappa shape index (κ2) is 8.02. The fourth-order valence-corrected chi connectivity index (χ4v) is 3.40. The summed E-state index contributed by atoms with van der Waals surface area (Å²) in [5.74, 6) is -0.396. The highest BCUT2D eigenvalue weighted by molar-refractivity contribution is 6.33. The number of hydrogen-bond donors (Lipinski definition) is 1. The lowest BCUT2D eigenvalue weighted by molar-refractivity contribution is -0.116. The SMILES string of the molecule is CCC(C)n1c(=O)c2ccccc2n(CC(=O)Nc2ccc(C)cc2Cl)c1=O. The first-order valence-corrected chi connectivity index (χ1v) is 9.51. The zero-order valence-electron chi connectivity index (χ0n) is 16.0. The van der Waals surface area contributed by atoms with E-state index >= 15 is 0 Å². The van der Waals surface area contributed by atoms with Crippen molar-refractivity contribution >= 4 is 34.1 Å². The third-order valence-corrected chi connectivity index (χ3v) is 5.13. The highest BCUT2D eigenvalue weighted by Gasteiger charge is 2.18. The van der Waals surface area contributed by atoms with Crippen molar-refractivity contribution in [3.63, 3.8) is 0 Å². The normalized spacial score (nSPS) is 12.1. The largest absolute Gasteiger partial charge is 0.332 e. The van der Waals surface area contributed by atoms with E-state index in [0.29, 0.717) is 28.0 Å². The molecule has 1 N–H and O–H groups in total. The summed E-state index contributed by atoms with van der Waals surface area (Å²) in [5, 5.41) is 3.57. The van der Waals surface area contributed by atoms with Crippen molar-refractivity contribution in [2.24, 2.45) is 0 Å².